The van der Waals surface area contributed by atoms with Gasteiger partial charge in [0.2, 0.25) is 0 Å². The summed E-state index contributed by atoms with van der Waals surface area (Å²) in [6.07, 6.45) is -6.20. The van der Waals surface area contributed by atoms with Crippen molar-refractivity contribution in [2.45, 2.75) is 25.4 Å². The van der Waals surface area contributed by atoms with Gasteiger partial charge in [0.15, 0.2) is 11.8 Å². The molecule has 1 aliphatic heterocycles. The number of nitriles is 1. The van der Waals surface area contributed by atoms with Crippen molar-refractivity contribution in [2.75, 3.05) is 16.8 Å². The summed E-state index contributed by atoms with van der Waals surface area (Å²) in [6.45, 7) is 8.60. The number of benzene rings is 2. The van der Waals surface area contributed by atoms with Gasteiger partial charge in [0.25, 0.3) is 5.91 Å². The smallest absolute Gasteiger partial charge is 0.344 e. The van der Waals surface area contributed by atoms with Gasteiger partial charge in [-0.15, -0.1) is 0 Å². The third kappa shape index (κ3) is 4.31. The van der Waals surface area contributed by atoms with Gasteiger partial charge in [-0.2, -0.15) is 18.4 Å². The highest BCUT2D eigenvalue weighted by Gasteiger charge is 2.38. The van der Waals surface area contributed by atoms with Crippen LogP contribution >= 0.6 is 0 Å². The number of carbonyl (C=O) groups is 1. The van der Waals surface area contributed by atoms with E-state index < -0.39 is 35.5 Å². The lowest BCUT2D eigenvalue weighted by Gasteiger charge is -2.23. The quantitative estimate of drug-likeness (QED) is 0.780. The zero-order valence-corrected chi connectivity index (χ0v) is 15.2. The largest absolute Gasteiger partial charge is 0.417 e. The topological polar surface area (TPSA) is 69.7 Å². The minimum absolute atomic E-state index is 0.0519. The van der Waals surface area contributed by atoms with Gasteiger partial charge in [-0.1, -0.05) is 12.1 Å². The fourth-order valence-corrected chi connectivity index (χ4v) is 3.03. The lowest BCUT2D eigenvalue weighted by atomic mass is 10.1. The first kappa shape index (κ1) is 20.2. The van der Waals surface area contributed by atoms with Crippen LogP contribution in [0.4, 0.5) is 30.2 Å². The van der Waals surface area contributed by atoms with Gasteiger partial charge in [0.1, 0.15) is 6.23 Å². The maximum atomic E-state index is 13.2. The summed E-state index contributed by atoms with van der Waals surface area (Å²) in [5.41, 5.74) is -0.375. The van der Waals surface area contributed by atoms with Crippen molar-refractivity contribution in [3.05, 3.63) is 65.0 Å². The van der Waals surface area contributed by atoms with Crippen molar-refractivity contribution >= 4 is 23.0 Å². The van der Waals surface area contributed by atoms with Gasteiger partial charge < -0.3 is 15.0 Å². The first-order valence-electron chi connectivity index (χ1n) is 8.55. The molecule has 0 unspecified atom stereocenters. The number of ether oxygens (including phenoxy) is 1. The number of anilines is 2. The molecule has 1 amide bonds. The maximum Gasteiger partial charge on any atom is 0.417 e. The van der Waals surface area contributed by atoms with E-state index in [0.717, 1.165) is 12.1 Å². The molecule has 0 spiro atoms. The van der Waals surface area contributed by atoms with E-state index in [4.69, 9.17) is 16.6 Å². The summed E-state index contributed by atoms with van der Waals surface area (Å²) in [7, 11) is 0. The number of nitrogens with zero attached hydrogens (tertiary/aromatic N) is 3. The van der Waals surface area contributed by atoms with E-state index in [2.05, 4.69) is 10.2 Å². The highest BCUT2D eigenvalue weighted by molar-refractivity contribution is 5.95. The molecule has 2 aromatic rings. The van der Waals surface area contributed by atoms with Crippen molar-refractivity contribution in [3.8, 4) is 6.07 Å². The highest BCUT2D eigenvalue weighted by Crippen LogP contribution is 2.36. The molecule has 2 aromatic carbocycles. The van der Waals surface area contributed by atoms with Gasteiger partial charge in [-0.25, -0.2) is 4.85 Å². The molecule has 2 atom stereocenters. The predicted octanol–water partition coefficient (Wildman–Crippen LogP) is 4.32. The number of halogens is 3. The molecule has 29 heavy (non-hydrogen) atoms. The number of nitrogens with one attached hydrogen (secondary N) is 1. The molecule has 148 valence electrons. The van der Waals surface area contributed by atoms with Crippen molar-refractivity contribution in [1.29, 1.82) is 5.26 Å². The fraction of sp³-hybridized carbons (Fsp3) is 0.250. The molecule has 0 aromatic heterocycles. The first-order valence-corrected chi connectivity index (χ1v) is 8.55. The van der Waals surface area contributed by atoms with Crippen LogP contribution in [0, 0.1) is 17.9 Å². The lowest BCUT2D eigenvalue weighted by Crippen LogP contribution is -2.32. The Balaban J connectivity index is 1.76. The summed E-state index contributed by atoms with van der Waals surface area (Å²) in [5, 5.41) is 11.6. The Morgan fingerprint density at radius 1 is 1.31 bits per heavy atom. The van der Waals surface area contributed by atoms with Crippen molar-refractivity contribution in [1.82, 2.24) is 0 Å². The van der Waals surface area contributed by atoms with Crippen LogP contribution in [0.2, 0.25) is 0 Å². The van der Waals surface area contributed by atoms with Gasteiger partial charge in [0.05, 0.1) is 30.3 Å². The van der Waals surface area contributed by atoms with Crippen LogP contribution in [-0.4, -0.2) is 24.8 Å². The number of carbonyl (C=O) groups excluding carboxylic acids is 1. The maximum absolute atomic E-state index is 13.2. The molecule has 1 aliphatic rings. The molecular weight excluding hydrogens is 385 g/mol. The van der Waals surface area contributed by atoms with Crippen LogP contribution in [0.5, 0.6) is 0 Å². The number of rotatable bonds is 3. The van der Waals surface area contributed by atoms with Crippen LogP contribution in [0.3, 0.4) is 0 Å². The van der Waals surface area contributed by atoms with Crippen molar-refractivity contribution in [3.63, 3.8) is 0 Å². The average Bonchev–Trinajstić information content (AvgIpc) is 3.09. The summed E-state index contributed by atoms with van der Waals surface area (Å²) in [4.78, 5) is 17.3. The van der Waals surface area contributed by atoms with Crippen LogP contribution in [0.15, 0.2) is 42.5 Å². The number of hydrogen-bond acceptors (Lipinski definition) is 4. The van der Waals surface area contributed by atoms with E-state index in [9.17, 15) is 18.0 Å². The Morgan fingerprint density at radius 2 is 2.00 bits per heavy atom. The summed E-state index contributed by atoms with van der Waals surface area (Å²) in [5.74, 6) is -0.445. The van der Waals surface area contributed by atoms with Crippen LogP contribution < -0.4 is 10.2 Å². The number of hydrogen-bond donors (Lipinski definition) is 1. The Kier molecular flexibility index (Phi) is 5.44. The van der Waals surface area contributed by atoms with Crippen molar-refractivity contribution in [2.24, 2.45) is 0 Å². The molecule has 0 bridgehead atoms. The van der Waals surface area contributed by atoms with E-state index in [0.29, 0.717) is 11.4 Å². The monoisotopic (exact) mass is 400 g/mol. The first-order chi connectivity index (χ1) is 13.7. The fourth-order valence-electron chi connectivity index (χ4n) is 3.03. The molecule has 9 heteroatoms. The van der Waals surface area contributed by atoms with Gasteiger partial charge >= 0.3 is 6.18 Å². The van der Waals surface area contributed by atoms with E-state index in [1.807, 2.05) is 0 Å². The molecule has 0 radical (unpaired) electrons. The third-order valence-corrected chi connectivity index (χ3v) is 4.48. The zero-order chi connectivity index (χ0) is 21.2. The standard InChI is InChI=1S/C20H15F3N4O2/c1-12-27(16-8-3-13(10-24)17(9-16)20(21,22)23)11-18(29-12)19(28)26-15-6-4-14(25-2)5-7-15/h3-9,12,18H,11H2,1H3,(H,26,28)/t12-,18-/m0/s1. The van der Waals surface area contributed by atoms with Crippen LogP contribution in [0.25, 0.3) is 4.85 Å². The molecule has 1 saturated heterocycles. The minimum Gasteiger partial charge on any atom is -0.344 e. The van der Waals surface area contributed by atoms with Crippen molar-refractivity contribution < 1.29 is 22.7 Å². The molecule has 1 heterocycles. The molecule has 3 rings (SSSR count). The van der Waals surface area contributed by atoms with Crippen LogP contribution in [0.1, 0.15) is 18.1 Å². The van der Waals surface area contributed by atoms with Crippen LogP contribution in [-0.2, 0) is 15.7 Å². The minimum atomic E-state index is -4.67. The van der Waals surface area contributed by atoms with Gasteiger partial charge in [-0.3, -0.25) is 4.79 Å². The lowest BCUT2D eigenvalue weighted by molar-refractivity contribution is -0.137. The highest BCUT2D eigenvalue weighted by atomic mass is 19.4. The van der Waals surface area contributed by atoms with E-state index in [1.165, 1.54) is 11.0 Å². The van der Waals surface area contributed by atoms with Gasteiger partial charge in [-0.05, 0) is 37.3 Å². The second-order valence-electron chi connectivity index (χ2n) is 6.36. The Bertz CT molecular complexity index is 1010. The molecular formula is C20H15F3N4O2. The molecule has 1 N–H and O–H groups in total. The second-order valence-corrected chi connectivity index (χ2v) is 6.36. The molecule has 6 nitrogen and oxygen atoms in total. The predicted molar refractivity (Wildman–Crippen MR) is 99.2 cm³/mol. The Hall–Kier alpha value is -3.56. The molecule has 1 fully saturated rings. The Morgan fingerprint density at radius 3 is 2.59 bits per heavy atom. The van der Waals surface area contributed by atoms with E-state index in [-0.39, 0.29) is 12.2 Å². The van der Waals surface area contributed by atoms with E-state index >= 15 is 0 Å². The average molecular weight is 400 g/mol. The number of alkyl halides is 3. The molecule has 0 saturated carbocycles. The number of amides is 1. The van der Waals surface area contributed by atoms with Gasteiger partial charge in [0, 0.05) is 11.4 Å². The summed E-state index contributed by atoms with van der Waals surface area (Å²) >= 11 is 0. The Labute approximate surface area is 164 Å². The second kappa shape index (κ2) is 7.82. The summed E-state index contributed by atoms with van der Waals surface area (Å²) in [6, 6.07) is 11.2. The zero-order valence-electron chi connectivity index (χ0n) is 15.2. The third-order valence-electron chi connectivity index (χ3n) is 4.48. The summed E-state index contributed by atoms with van der Waals surface area (Å²) < 4.78 is 45.3. The normalized spacial score (nSPS) is 18.8. The SMILES string of the molecule is [C-]#[N+]c1ccc(NC(=O)[C@@H]2CN(c3ccc(C#N)c(C(F)(F)F)c3)[C@H](C)O2)cc1. The molecule has 0 aliphatic carbocycles. The van der Waals surface area contributed by atoms with E-state index in [1.54, 1.807) is 37.3 Å².